The number of methoxy groups -OCH3 is 1. The van der Waals surface area contributed by atoms with E-state index in [4.69, 9.17) is 4.74 Å². The second-order valence-electron chi connectivity index (χ2n) is 4.16. The molecule has 1 aromatic heterocycles. The van der Waals surface area contributed by atoms with Gasteiger partial charge in [-0.25, -0.2) is 4.68 Å². The summed E-state index contributed by atoms with van der Waals surface area (Å²) in [6.45, 7) is 4.49. The number of H-pyrrole nitrogens is 1. The maximum Gasteiger partial charge on any atom is 0.271 e. The number of aromatic amines is 1. The lowest BCUT2D eigenvalue weighted by Gasteiger charge is -2.05. The summed E-state index contributed by atoms with van der Waals surface area (Å²) in [6, 6.07) is 7.48. The zero-order valence-electron chi connectivity index (χ0n) is 10.3. The van der Waals surface area contributed by atoms with Crippen LogP contribution < -0.4 is 5.56 Å². The highest BCUT2D eigenvalue weighted by Gasteiger charge is 2.05. The highest BCUT2D eigenvalue weighted by molar-refractivity contribution is 5.39. The molecule has 0 amide bonds. The predicted molar refractivity (Wildman–Crippen MR) is 66.6 cm³/mol. The van der Waals surface area contributed by atoms with Gasteiger partial charge in [-0.3, -0.25) is 9.89 Å². The summed E-state index contributed by atoms with van der Waals surface area (Å²) in [7, 11) is 1.60. The number of aromatic nitrogens is 2. The van der Waals surface area contributed by atoms with Gasteiger partial charge in [0.2, 0.25) is 0 Å². The maximum atomic E-state index is 11.8. The van der Waals surface area contributed by atoms with Crippen LogP contribution in [-0.2, 0) is 11.3 Å². The topological polar surface area (TPSA) is 47.0 Å². The quantitative estimate of drug-likeness (QED) is 0.879. The van der Waals surface area contributed by atoms with E-state index in [1.807, 2.05) is 32.0 Å². The van der Waals surface area contributed by atoms with Crippen molar-refractivity contribution >= 4 is 0 Å². The largest absolute Gasteiger partial charge is 0.378 e. The van der Waals surface area contributed by atoms with Gasteiger partial charge in [0.05, 0.1) is 18.0 Å². The predicted octanol–water partition coefficient (Wildman–Crippen LogP) is 1.93. The van der Waals surface area contributed by atoms with E-state index in [0.717, 1.165) is 16.9 Å². The molecular formula is C13H16N2O2. The van der Waals surface area contributed by atoms with E-state index in [0.29, 0.717) is 6.61 Å². The average Bonchev–Trinajstić information content (AvgIpc) is 2.64. The molecule has 4 heteroatoms. The molecule has 0 saturated heterocycles. The van der Waals surface area contributed by atoms with Crippen LogP contribution in [0.1, 0.15) is 16.8 Å². The van der Waals surface area contributed by atoms with Crippen LogP contribution in [0.15, 0.2) is 29.1 Å². The van der Waals surface area contributed by atoms with Crippen LogP contribution >= 0.6 is 0 Å². The van der Waals surface area contributed by atoms with Gasteiger partial charge in [0.1, 0.15) is 0 Å². The summed E-state index contributed by atoms with van der Waals surface area (Å²) in [5, 5.41) is 3.02. The molecule has 0 bridgehead atoms. The Morgan fingerprint density at radius 2 is 2.00 bits per heavy atom. The van der Waals surface area contributed by atoms with Gasteiger partial charge < -0.3 is 4.74 Å². The minimum absolute atomic E-state index is 0.0692. The van der Waals surface area contributed by atoms with Gasteiger partial charge in [0.15, 0.2) is 0 Å². The first-order valence-corrected chi connectivity index (χ1v) is 5.49. The highest BCUT2D eigenvalue weighted by Crippen LogP contribution is 2.12. The highest BCUT2D eigenvalue weighted by atomic mass is 16.5. The summed E-state index contributed by atoms with van der Waals surface area (Å²) in [5.74, 6) is 0. The van der Waals surface area contributed by atoms with E-state index in [-0.39, 0.29) is 5.56 Å². The molecule has 1 heterocycles. The fourth-order valence-electron chi connectivity index (χ4n) is 1.73. The number of rotatable bonds is 3. The fraction of sp³-hybridized carbons (Fsp3) is 0.308. The van der Waals surface area contributed by atoms with E-state index in [2.05, 4.69) is 5.10 Å². The van der Waals surface area contributed by atoms with Gasteiger partial charge in [0.25, 0.3) is 5.56 Å². The smallest absolute Gasteiger partial charge is 0.271 e. The normalized spacial score (nSPS) is 10.8. The molecule has 0 spiro atoms. The van der Waals surface area contributed by atoms with Crippen molar-refractivity contribution in [3.8, 4) is 5.69 Å². The van der Waals surface area contributed by atoms with Crippen LogP contribution in [0.2, 0.25) is 0 Å². The van der Waals surface area contributed by atoms with Crippen LogP contribution in [0.3, 0.4) is 0 Å². The summed E-state index contributed by atoms with van der Waals surface area (Å²) in [4.78, 5) is 11.8. The third-order valence-electron chi connectivity index (χ3n) is 2.82. The first-order valence-electron chi connectivity index (χ1n) is 5.49. The lowest BCUT2D eigenvalue weighted by molar-refractivity contribution is 0.181. The van der Waals surface area contributed by atoms with Crippen LogP contribution in [0.4, 0.5) is 0 Å². The molecular weight excluding hydrogens is 216 g/mol. The lowest BCUT2D eigenvalue weighted by Crippen LogP contribution is -2.13. The SMILES string of the molecule is COCc1cc(=O)n(-c2ccc(C)c(C)c2)[nH]1. The molecule has 90 valence electrons. The van der Waals surface area contributed by atoms with E-state index in [1.165, 1.54) is 10.2 Å². The number of nitrogens with one attached hydrogen (secondary N) is 1. The molecule has 0 aliphatic rings. The minimum atomic E-state index is -0.0692. The first-order chi connectivity index (χ1) is 8.11. The zero-order chi connectivity index (χ0) is 12.4. The van der Waals surface area contributed by atoms with Crippen molar-refractivity contribution in [2.45, 2.75) is 20.5 Å². The molecule has 2 aromatic rings. The van der Waals surface area contributed by atoms with Crippen LogP contribution in [0.5, 0.6) is 0 Å². The maximum absolute atomic E-state index is 11.8. The van der Waals surface area contributed by atoms with Crippen molar-refractivity contribution < 1.29 is 4.74 Å². The summed E-state index contributed by atoms with van der Waals surface area (Å²) in [6.07, 6.45) is 0. The molecule has 0 fully saturated rings. The van der Waals surface area contributed by atoms with Gasteiger partial charge in [0, 0.05) is 13.2 Å². The van der Waals surface area contributed by atoms with Crippen LogP contribution in [-0.4, -0.2) is 16.9 Å². The molecule has 17 heavy (non-hydrogen) atoms. The Morgan fingerprint density at radius 3 is 2.65 bits per heavy atom. The molecule has 2 rings (SSSR count). The molecule has 0 unspecified atom stereocenters. The number of ether oxygens (including phenoxy) is 1. The Labute approximate surface area is 99.8 Å². The third kappa shape index (κ3) is 2.31. The first kappa shape index (κ1) is 11.7. The Hall–Kier alpha value is -1.81. The second-order valence-corrected chi connectivity index (χ2v) is 4.16. The summed E-state index contributed by atoms with van der Waals surface area (Å²) >= 11 is 0. The van der Waals surface area contributed by atoms with E-state index >= 15 is 0 Å². The molecule has 0 aliphatic heterocycles. The number of nitrogens with zero attached hydrogens (tertiary/aromatic N) is 1. The molecule has 0 radical (unpaired) electrons. The van der Waals surface area contributed by atoms with E-state index in [1.54, 1.807) is 13.2 Å². The van der Waals surface area contributed by atoms with Crippen LogP contribution in [0, 0.1) is 13.8 Å². The molecule has 0 saturated carbocycles. The van der Waals surface area contributed by atoms with E-state index < -0.39 is 0 Å². The Morgan fingerprint density at radius 1 is 1.24 bits per heavy atom. The van der Waals surface area contributed by atoms with Crippen molar-refractivity contribution in [2.24, 2.45) is 0 Å². The van der Waals surface area contributed by atoms with Crippen molar-refractivity contribution in [1.82, 2.24) is 9.78 Å². The summed E-state index contributed by atoms with van der Waals surface area (Å²) in [5.41, 5.74) is 3.93. The lowest BCUT2D eigenvalue weighted by atomic mass is 10.1. The van der Waals surface area contributed by atoms with Crippen molar-refractivity contribution in [2.75, 3.05) is 7.11 Å². The number of benzene rings is 1. The monoisotopic (exact) mass is 232 g/mol. The van der Waals surface area contributed by atoms with Crippen molar-refractivity contribution in [3.05, 3.63) is 51.4 Å². The fourth-order valence-corrected chi connectivity index (χ4v) is 1.73. The van der Waals surface area contributed by atoms with E-state index in [9.17, 15) is 4.79 Å². The second kappa shape index (κ2) is 4.59. The molecule has 1 N–H and O–H groups in total. The third-order valence-corrected chi connectivity index (χ3v) is 2.82. The number of hydrogen-bond donors (Lipinski definition) is 1. The zero-order valence-corrected chi connectivity index (χ0v) is 10.3. The molecule has 1 aromatic carbocycles. The number of aryl methyl sites for hydroxylation is 2. The van der Waals surface area contributed by atoms with Gasteiger partial charge in [-0.05, 0) is 37.1 Å². The van der Waals surface area contributed by atoms with Crippen LogP contribution in [0.25, 0.3) is 5.69 Å². The average molecular weight is 232 g/mol. The molecule has 0 aliphatic carbocycles. The Balaban J connectivity index is 2.45. The standard InChI is InChI=1S/C13H16N2O2/c1-9-4-5-12(6-10(9)2)15-13(16)7-11(14-15)8-17-3/h4-7,14H,8H2,1-3H3. The van der Waals surface area contributed by atoms with Gasteiger partial charge in [-0.1, -0.05) is 6.07 Å². The Bertz CT molecular complexity index is 581. The van der Waals surface area contributed by atoms with Gasteiger partial charge in [-0.2, -0.15) is 0 Å². The van der Waals surface area contributed by atoms with Crippen molar-refractivity contribution in [1.29, 1.82) is 0 Å². The van der Waals surface area contributed by atoms with Gasteiger partial charge in [-0.15, -0.1) is 0 Å². The molecule has 4 nitrogen and oxygen atoms in total. The summed E-state index contributed by atoms with van der Waals surface area (Å²) < 4.78 is 6.52. The number of hydrogen-bond acceptors (Lipinski definition) is 2. The Kier molecular flexibility index (Phi) is 3.15. The van der Waals surface area contributed by atoms with Crippen molar-refractivity contribution in [3.63, 3.8) is 0 Å². The molecule has 0 atom stereocenters. The van der Waals surface area contributed by atoms with Gasteiger partial charge >= 0.3 is 0 Å². The minimum Gasteiger partial charge on any atom is -0.378 e.